The summed E-state index contributed by atoms with van der Waals surface area (Å²) in [5, 5.41) is 2.92. The number of benzene rings is 1. The fraction of sp³-hybridized carbons (Fsp3) is 0.387. The molecule has 40 heavy (non-hydrogen) atoms. The van der Waals surface area contributed by atoms with Gasteiger partial charge in [-0.05, 0) is 86.4 Å². The maximum absolute atomic E-state index is 13.0. The molecule has 7 rings (SSSR count). The summed E-state index contributed by atoms with van der Waals surface area (Å²) in [6, 6.07) is 11.4. The van der Waals surface area contributed by atoms with Crippen molar-refractivity contribution in [3.8, 4) is 0 Å². The Labute approximate surface area is 233 Å². The summed E-state index contributed by atoms with van der Waals surface area (Å²) < 4.78 is -0.0741. The number of amides is 2. The molecule has 3 N–H and O–H groups in total. The number of carbonyl (C=O) groups excluding carboxylic acids is 2. The first-order chi connectivity index (χ1) is 19.5. The van der Waals surface area contributed by atoms with Crippen molar-refractivity contribution in [2.75, 3.05) is 18.4 Å². The molecule has 2 atom stereocenters. The molecule has 0 spiro atoms. The molecule has 3 fully saturated rings. The maximum atomic E-state index is 13.0. The highest BCUT2D eigenvalue weighted by molar-refractivity contribution is 6.05. The Morgan fingerprint density at radius 3 is 2.58 bits per heavy atom. The molecule has 9 nitrogen and oxygen atoms in total. The quantitative estimate of drug-likeness (QED) is 0.419. The van der Waals surface area contributed by atoms with E-state index in [2.05, 4.69) is 15.3 Å². The third kappa shape index (κ3) is 4.49. The van der Waals surface area contributed by atoms with Gasteiger partial charge in [0.1, 0.15) is 17.7 Å². The largest absolute Gasteiger partial charge is 0.342 e. The molecule has 204 valence electrons. The minimum atomic E-state index is -0.208. The molecule has 2 unspecified atom stereocenters. The number of nitrogens with two attached hydrogens (primary N) is 1. The molecule has 0 bridgehead atoms. The van der Waals surface area contributed by atoms with Crippen molar-refractivity contribution in [2.24, 2.45) is 27.7 Å². The van der Waals surface area contributed by atoms with E-state index in [1.165, 1.54) is 18.4 Å². The molecule has 2 amide bonds. The van der Waals surface area contributed by atoms with E-state index in [0.717, 1.165) is 55.6 Å². The number of rotatable bonds is 6. The van der Waals surface area contributed by atoms with E-state index in [-0.39, 0.29) is 28.2 Å². The van der Waals surface area contributed by atoms with E-state index in [1.54, 1.807) is 30.7 Å². The van der Waals surface area contributed by atoms with Gasteiger partial charge >= 0.3 is 0 Å². The van der Waals surface area contributed by atoms with Crippen molar-refractivity contribution < 1.29 is 14.2 Å². The summed E-state index contributed by atoms with van der Waals surface area (Å²) in [6.45, 7) is 1.48. The van der Waals surface area contributed by atoms with Gasteiger partial charge in [0, 0.05) is 36.7 Å². The number of hydrogen-bond donors (Lipinski definition) is 2. The molecular weight excluding hydrogens is 502 g/mol. The lowest BCUT2D eigenvalue weighted by Gasteiger charge is -2.37. The summed E-state index contributed by atoms with van der Waals surface area (Å²) in [5.41, 5.74) is 4.33. The standard InChI is InChI=1S/C31H33N7O2/c32-38-16-14-33-18-26(38)28(25-5-2-15-37(19-25)31(40)23-3-1-4-23)36-29(38)21-8-10-22(11-9-21)30(39)35-27-17-24(12-13-34-27)20-6-7-20/h8-14,16-18,20,23,25H,1-7,15,19,32H2/p+1. The molecule has 2 aromatic rings. The average Bonchev–Trinajstić information content (AvgIpc) is 3.75. The highest BCUT2D eigenvalue weighted by Crippen LogP contribution is 2.41. The number of quaternary nitrogens is 1. The van der Waals surface area contributed by atoms with Gasteiger partial charge in [0.2, 0.25) is 11.6 Å². The summed E-state index contributed by atoms with van der Waals surface area (Å²) >= 11 is 0. The van der Waals surface area contributed by atoms with Crippen LogP contribution < -0.4 is 11.2 Å². The van der Waals surface area contributed by atoms with E-state index in [4.69, 9.17) is 10.8 Å². The molecule has 2 aliphatic carbocycles. The van der Waals surface area contributed by atoms with Crippen LogP contribution >= 0.6 is 0 Å². The number of piperidine rings is 1. The number of aliphatic imine (C=N–C) groups is 2. The van der Waals surface area contributed by atoms with Gasteiger partial charge in [-0.2, -0.15) is 10.8 Å². The van der Waals surface area contributed by atoms with Crippen molar-refractivity contribution in [2.45, 2.75) is 50.9 Å². The van der Waals surface area contributed by atoms with Crippen molar-refractivity contribution in [1.82, 2.24) is 9.88 Å². The van der Waals surface area contributed by atoms with Crippen LogP contribution in [0.25, 0.3) is 0 Å². The normalized spacial score (nSPS) is 25.9. The van der Waals surface area contributed by atoms with Crippen LogP contribution in [-0.2, 0) is 4.79 Å². The van der Waals surface area contributed by atoms with Crippen LogP contribution in [0.1, 0.15) is 72.3 Å². The number of pyridine rings is 1. The van der Waals surface area contributed by atoms with Gasteiger partial charge in [0.15, 0.2) is 0 Å². The highest BCUT2D eigenvalue weighted by Gasteiger charge is 2.46. The number of hydrogen-bond acceptors (Lipinski definition) is 6. The van der Waals surface area contributed by atoms with Crippen molar-refractivity contribution in [3.05, 3.63) is 83.1 Å². The lowest BCUT2D eigenvalue weighted by molar-refractivity contribution is -0.750. The molecule has 1 saturated heterocycles. The van der Waals surface area contributed by atoms with E-state index in [9.17, 15) is 9.59 Å². The number of carbonyl (C=O) groups is 2. The Bertz CT molecular complexity index is 1480. The van der Waals surface area contributed by atoms with Gasteiger partial charge < -0.3 is 10.2 Å². The third-order valence-corrected chi connectivity index (χ3v) is 8.88. The molecule has 5 aliphatic rings. The SMILES string of the molecule is N[N+]12C=CN=CC1=C(C1CCCN(C(=O)C3CCC3)C1)N=C2c1ccc(C(=O)Nc2cc(C3CC3)ccn2)cc1. The van der Waals surface area contributed by atoms with Crippen LogP contribution in [0.15, 0.2) is 76.4 Å². The van der Waals surface area contributed by atoms with Gasteiger partial charge in [-0.15, -0.1) is 4.59 Å². The number of likely N-dealkylation sites (tertiary alicyclic amines) is 1. The Morgan fingerprint density at radius 1 is 1.00 bits per heavy atom. The monoisotopic (exact) mass is 536 g/mol. The Hall–Kier alpha value is -3.95. The van der Waals surface area contributed by atoms with Crippen LogP contribution in [0.2, 0.25) is 0 Å². The molecule has 1 aromatic carbocycles. The zero-order valence-corrected chi connectivity index (χ0v) is 22.5. The Kier molecular flexibility index (Phi) is 6.20. The number of allylic oxidation sites excluding steroid dienone is 1. The number of aromatic nitrogens is 1. The molecule has 1 aromatic heterocycles. The first-order valence-corrected chi connectivity index (χ1v) is 14.4. The second kappa shape index (κ2) is 9.91. The van der Waals surface area contributed by atoms with Crippen molar-refractivity contribution in [1.29, 1.82) is 0 Å². The highest BCUT2D eigenvalue weighted by atomic mass is 16.2. The summed E-state index contributed by atoms with van der Waals surface area (Å²) in [4.78, 5) is 41.8. The topological polar surface area (TPSA) is 113 Å². The predicted molar refractivity (Wildman–Crippen MR) is 153 cm³/mol. The number of fused-ring (bicyclic) bond motifs is 1. The van der Waals surface area contributed by atoms with Crippen molar-refractivity contribution in [3.63, 3.8) is 0 Å². The Balaban J connectivity index is 1.11. The van der Waals surface area contributed by atoms with E-state index in [1.807, 2.05) is 35.4 Å². The van der Waals surface area contributed by atoms with Gasteiger partial charge in [0.05, 0.1) is 18.0 Å². The zero-order chi connectivity index (χ0) is 27.3. The van der Waals surface area contributed by atoms with E-state index in [0.29, 0.717) is 29.7 Å². The van der Waals surface area contributed by atoms with Crippen LogP contribution in [0.4, 0.5) is 5.82 Å². The van der Waals surface area contributed by atoms with Gasteiger partial charge in [-0.3, -0.25) is 14.6 Å². The smallest absolute Gasteiger partial charge is 0.264 e. The maximum Gasteiger partial charge on any atom is 0.264 e. The fourth-order valence-corrected chi connectivity index (χ4v) is 6.17. The number of nitrogens with zero attached hydrogens (tertiary/aromatic N) is 5. The number of nitrogens with one attached hydrogen (secondary N) is 1. The van der Waals surface area contributed by atoms with E-state index < -0.39 is 0 Å². The van der Waals surface area contributed by atoms with Gasteiger partial charge in [-0.1, -0.05) is 6.42 Å². The molecule has 2 saturated carbocycles. The zero-order valence-electron chi connectivity index (χ0n) is 22.5. The summed E-state index contributed by atoms with van der Waals surface area (Å²) in [6.07, 6.45) is 14.5. The fourth-order valence-electron chi connectivity index (χ4n) is 6.17. The molecule has 3 aliphatic heterocycles. The van der Waals surface area contributed by atoms with Crippen LogP contribution in [-0.4, -0.2) is 51.4 Å². The van der Waals surface area contributed by atoms with Crippen LogP contribution in [0, 0.1) is 11.8 Å². The van der Waals surface area contributed by atoms with Gasteiger partial charge in [-0.25, -0.2) is 4.98 Å². The summed E-state index contributed by atoms with van der Waals surface area (Å²) in [5.74, 6) is 9.18. The first-order valence-electron chi connectivity index (χ1n) is 14.4. The molecule has 9 heteroatoms. The number of anilines is 1. The lowest BCUT2D eigenvalue weighted by Crippen LogP contribution is -2.53. The van der Waals surface area contributed by atoms with Crippen LogP contribution in [0.5, 0.6) is 0 Å². The molecule has 0 radical (unpaired) electrons. The van der Waals surface area contributed by atoms with Gasteiger partial charge in [0.25, 0.3) is 11.7 Å². The second-order valence-corrected chi connectivity index (χ2v) is 11.6. The minimum absolute atomic E-state index is 0.0741. The van der Waals surface area contributed by atoms with Crippen molar-refractivity contribution >= 4 is 29.7 Å². The second-order valence-electron chi connectivity index (χ2n) is 11.6. The number of amidine groups is 1. The molecular formula is C31H34N7O2+. The lowest BCUT2D eigenvalue weighted by atomic mass is 9.83. The van der Waals surface area contributed by atoms with E-state index >= 15 is 0 Å². The summed E-state index contributed by atoms with van der Waals surface area (Å²) in [7, 11) is 0. The first kappa shape index (κ1) is 25.0. The Morgan fingerprint density at radius 2 is 1.82 bits per heavy atom. The third-order valence-electron chi connectivity index (χ3n) is 8.88. The average molecular weight is 537 g/mol. The predicted octanol–water partition coefficient (Wildman–Crippen LogP) is 4.47. The minimum Gasteiger partial charge on any atom is -0.342 e. The van der Waals surface area contributed by atoms with Crippen LogP contribution in [0.3, 0.4) is 0 Å². The molecule has 4 heterocycles.